The summed E-state index contributed by atoms with van der Waals surface area (Å²) in [6.07, 6.45) is 3.70. The first kappa shape index (κ1) is 18.8. The number of carbonyl (C=O) groups is 1. The third kappa shape index (κ3) is 3.16. The van der Waals surface area contributed by atoms with Crippen LogP contribution in [0.5, 0.6) is 5.75 Å². The predicted octanol–water partition coefficient (Wildman–Crippen LogP) is 3.24. The van der Waals surface area contributed by atoms with Gasteiger partial charge < -0.3 is 9.64 Å². The van der Waals surface area contributed by atoms with Crippen molar-refractivity contribution in [2.45, 2.75) is 6.92 Å². The Hall–Kier alpha value is -3.54. The van der Waals surface area contributed by atoms with E-state index in [0.717, 1.165) is 29.6 Å². The molecule has 0 spiro atoms. The summed E-state index contributed by atoms with van der Waals surface area (Å²) in [5, 5.41) is 0. The fraction of sp³-hybridized carbons (Fsp3) is 0.217. The standard InChI is InChI=1S/C23H25N4O2/c1-5-26-18-13-9-10-14-20(18)29-21(26)16-15-19-22(28)27(17-11-7-6-8-12-17)23(24(2)3)25(19)4/h6-16H,5H2,1-4H3/q+1. The molecule has 0 N–H and O–H groups in total. The average molecular weight is 389 g/mol. The molecule has 148 valence electrons. The van der Waals surface area contributed by atoms with Gasteiger partial charge in [-0.1, -0.05) is 30.3 Å². The lowest BCUT2D eigenvalue weighted by Gasteiger charge is -2.15. The highest BCUT2D eigenvalue weighted by molar-refractivity contribution is 6.26. The van der Waals surface area contributed by atoms with Crippen molar-refractivity contribution < 1.29 is 14.1 Å². The van der Waals surface area contributed by atoms with Crippen LogP contribution in [0.15, 0.2) is 78.3 Å². The van der Waals surface area contributed by atoms with Gasteiger partial charge in [0.15, 0.2) is 11.4 Å². The molecular weight excluding hydrogens is 364 g/mol. The molecule has 2 aromatic carbocycles. The summed E-state index contributed by atoms with van der Waals surface area (Å²) in [4.78, 5) is 19.0. The minimum Gasteiger partial charge on any atom is -0.439 e. The van der Waals surface area contributed by atoms with E-state index in [0.29, 0.717) is 11.6 Å². The van der Waals surface area contributed by atoms with Gasteiger partial charge in [0, 0.05) is 12.6 Å². The molecule has 0 atom stereocenters. The number of carbonyl (C=O) groups excluding carboxylic acids is 1. The first-order chi connectivity index (χ1) is 14.0. The number of guanidine groups is 1. The summed E-state index contributed by atoms with van der Waals surface area (Å²) in [5.74, 6) is 2.27. The van der Waals surface area contributed by atoms with Crippen LogP contribution in [0.1, 0.15) is 6.92 Å². The van der Waals surface area contributed by atoms with Crippen molar-refractivity contribution >= 4 is 23.2 Å². The molecule has 4 rings (SSSR count). The van der Waals surface area contributed by atoms with E-state index in [2.05, 4.69) is 11.8 Å². The minimum absolute atomic E-state index is 0.0715. The van der Waals surface area contributed by atoms with Gasteiger partial charge in [-0.3, -0.25) is 4.58 Å². The van der Waals surface area contributed by atoms with Crippen molar-refractivity contribution in [3.8, 4) is 5.75 Å². The van der Waals surface area contributed by atoms with Crippen LogP contribution in [0.4, 0.5) is 11.4 Å². The van der Waals surface area contributed by atoms with Crippen molar-refractivity contribution in [2.75, 3.05) is 37.5 Å². The van der Waals surface area contributed by atoms with Gasteiger partial charge in [-0.05, 0) is 37.3 Å². The summed E-state index contributed by atoms with van der Waals surface area (Å²) in [6, 6.07) is 17.6. The fourth-order valence-corrected chi connectivity index (χ4v) is 3.75. The topological polar surface area (TPSA) is 39.0 Å². The number of amides is 1. The second kappa shape index (κ2) is 7.47. The summed E-state index contributed by atoms with van der Waals surface area (Å²) in [6.45, 7) is 2.86. The van der Waals surface area contributed by atoms with Gasteiger partial charge in [0.25, 0.3) is 0 Å². The Balaban J connectivity index is 1.72. The van der Waals surface area contributed by atoms with Crippen molar-refractivity contribution in [2.24, 2.45) is 0 Å². The van der Waals surface area contributed by atoms with Gasteiger partial charge in [0.05, 0.1) is 26.8 Å². The third-order valence-electron chi connectivity index (χ3n) is 5.03. The lowest BCUT2D eigenvalue weighted by atomic mass is 10.2. The molecule has 0 radical (unpaired) electrons. The van der Waals surface area contributed by atoms with E-state index in [-0.39, 0.29) is 5.91 Å². The Morgan fingerprint density at radius 3 is 2.38 bits per heavy atom. The molecule has 6 nitrogen and oxygen atoms in total. The second-order valence-electron chi connectivity index (χ2n) is 7.10. The lowest BCUT2D eigenvalue weighted by molar-refractivity contribution is -0.469. The maximum Gasteiger partial charge on any atom is 0.367 e. The Morgan fingerprint density at radius 2 is 1.69 bits per heavy atom. The Kier molecular flexibility index (Phi) is 4.84. The van der Waals surface area contributed by atoms with E-state index in [1.807, 2.05) is 97.4 Å². The normalized spacial score (nSPS) is 18.7. The molecule has 2 aliphatic rings. The van der Waals surface area contributed by atoms with Crippen LogP contribution < -0.4 is 14.5 Å². The van der Waals surface area contributed by atoms with E-state index in [1.54, 1.807) is 4.90 Å². The van der Waals surface area contributed by atoms with Gasteiger partial charge in [-0.2, -0.15) is 4.90 Å². The number of anilines is 2. The van der Waals surface area contributed by atoms with E-state index < -0.39 is 0 Å². The Morgan fingerprint density at radius 1 is 1.00 bits per heavy atom. The fourth-order valence-electron chi connectivity index (χ4n) is 3.75. The molecule has 6 heteroatoms. The number of allylic oxidation sites excluding steroid dienone is 2. The maximum atomic E-state index is 13.3. The van der Waals surface area contributed by atoms with Crippen LogP contribution in [-0.2, 0) is 4.79 Å². The van der Waals surface area contributed by atoms with Crippen molar-refractivity contribution in [3.63, 3.8) is 0 Å². The largest absolute Gasteiger partial charge is 0.439 e. The molecule has 0 unspecified atom stereocenters. The molecule has 2 heterocycles. The minimum atomic E-state index is -0.0715. The number of hydrogen-bond donors (Lipinski definition) is 0. The number of likely N-dealkylation sites (N-methyl/N-ethyl adjacent to an activating group) is 1. The third-order valence-corrected chi connectivity index (χ3v) is 5.03. The molecule has 29 heavy (non-hydrogen) atoms. The molecule has 2 aliphatic heterocycles. The first-order valence-electron chi connectivity index (χ1n) is 9.66. The smallest absolute Gasteiger partial charge is 0.367 e. The molecule has 2 aromatic rings. The van der Waals surface area contributed by atoms with Crippen molar-refractivity contribution in [1.29, 1.82) is 0 Å². The van der Waals surface area contributed by atoms with E-state index in [1.165, 1.54) is 0 Å². The van der Waals surface area contributed by atoms with E-state index in [4.69, 9.17) is 4.74 Å². The van der Waals surface area contributed by atoms with Crippen LogP contribution in [0.25, 0.3) is 0 Å². The van der Waals surface area contributed by atoms with E-state index in [9.17, 15) is 4.79 Å². The highest BCUT2D eigenvalue weighted by Crippen LogP contribution is 2.38. The number of benzene rings is 2. The highest BCUT2D eigenvalue weighted by Gasteiger charge is 2.46. The molecule has 0 aliphatic carbocycles. The zero-order chi connectivity index (χ0) is 20.5. The van der Waals surface area contributed by atoms with Crippen molar-refractivity contribution in [1.82, 2.24) is 4.90 Å². The van der Waals surface area contributed by atoms with Gasteiger partial charge in [0.1, 0.15) is 5.69 Å². The molecule has 1 saturated heterocycles. The lowest BCUT2D eigenvalue weighted by Crippen LogP contribution is -2.38. The zero-order valence-electron chi connectivity index (χ0n) is 17.2. The molecular formula is C23H25N4O2+. The number of para-hydroxylation sites is 3. The maximum absolute atomic E-state index is 13.3. The van der Waals surface area contributed by atoms with Gasteiger partial charge in [0.2, 0.25) is 5.88 Å². The Bertz CT molecular complexity index is 1040. The Labute approximate surface area is 171 Å². The van der Waals surface area contributed by atoms with Gasteiger partial charge >= 0.3 is 11.9 Å². The molecule has 0 saturated carbocycles. The number of hydrogen-bond acceptors (Lipinski definition) is 3. The zero-order valence-corrected chi connectivity index (χ0v) is 17.2. The average Bonchev–Trinajstić information content (AvgIpc) is 3.21. The van der Waals surface area contributed by atoms with Crippen LogP contribution in [0.3, 0.4) is 0 Å². The summed E-state index contributed by atoms with van der Waals surface area (Å²) in [5.41, 5.74) is 2.46. The quantitative estimate of drug-likeness (QED) is 0.597. The van der Waals surface area contributed by atoms with Crippen LogP contribution >= 0.6 is 0 Å². The molecule has 0 aromatic heterocycles. The monoisotopic (exact) mass is 389 g/mol. The number of rotatable bonds is 3. The van der Waals surface area contributed by atoms with Gasteiger partial charge in [-0.25, -0.2) is 9.69 Å². The summed E-state index contributed by atoms with van der Waals surface area (Å²) < 4.78 is 7.95. The molecule has 1 amide bonds. The number of fused-ring (bicyclic) bond motifs is 1. The number of nitrogens with zero attached hydrogens (tertiary/aromatic N) is 4. The second-order valence-corrected chi connectivity index (χ2v) is 7.10. The van der Waals surface area contributed by atoms with Crippen LogP contribution in [-0.4, -0.2) is 49.0 Å². The molecule has 0 bridgehead atoms. The van der Waals surface area contributed by atoms with E-state index >= 15 is 0 Å². The summed E-state index contributed by atoms with van der Waals surface area (Å²) >= 11 is 0. The number of ether oxygens (including phenoxy) is 1. The van der Waals surface area contributed by atoms with Crippen LogP contribution in [0, 0.1) is 0 Å². The highest BCUT2D eigenvalue weighted by atomic mass is 16.5. The predicted molar refractivity (Wildman–Crippen MR) is 115 cm³/mol. The first-order valence-corrected chi connectivity index (χ1v) is 9.66. The van der Waals surface area contributed by atoms with Crippen molar-refractivity contribution in [3.05, 3.63) is 78.3 Å². The van der Waals surface area contributed by atoms with Gasteiger partial charge in [-0.15, -0.1) is 0 Å². The molecule has 1 fully saturated rings. The SMILES string of the molecule is CCN1C(=CC=C2C(=O)N(c3ccccc3)C(=[N+](C)C)N2C)Oc2ccccc21. The van der Waals surface area contributed by atoms with Crippen LogP contribution in [0.2, 0.25) is 0 Å². The summed E-state index contributed by atoms with van der Waals surface area (Å²) in [7, 11) is 5.78.